The molecular formula is C18H31N5O2. The summed E-state index contributed by atoms with van der Waals surface area (Å²) in [7, 11) is 1.83. The molecule has 2 heterocycles. The van der Waals surface area contributed by atoms with Gasteiger partial charge >= 0.3 is 6.03 Å². The van der Waals surface area contributed by atoms with E-state index in [0.717, 1.165) is 36.5 Å². The third-order valence-electron chi connectivity index (χ3n) is 4.72. The molecule has 1 aromatic rings. The van der Waals surface area contributed by atoms with Gasteiger partial charge in [0.2, 0.25) is 5.91 Å². The molecule has 1 fully saturated rings. The molecule has 2 N–H and O–H groups in total. The van der Waals surface area contributed by atoms with Crippen molar-refractivity contribution in [1.82, 2.24) is 20.0 Å². The van der Waals surface area contributed by atoms with Gasteiger partial charge in [-0.1, -0.05) is 13.8 Å². The van der Waals surface area contributed by atoms with Gasteiger partial charge in [-0.05, 0) is 38.5 Å². The number of piperidine rings is 1. The van der Waals surface area contributed by atoms with Crippen LogP contribution in [0.15, 0.2) is 0 Å². The second-order valence-corrected chi connectivity index (χ2v) is 7.47. The zero-order valence-electron chi connectivity index (χ0n) is 16.1. The molecular weight excluding hydrogens is 318 g/mol. The summed E-state index contributed by atoms with van der Waals surface area (Å²) >= 11 is 0. The Kier molecular flexibility index (Phi) is 6.45. The molecule has 1 atom stereocenters. The van der Waals surface area contributed by atoms with Gasteiger partial charge in [-0.15, -0.1) is 0 Å². The van der Waals surface area contributed by atoms with Gasteiger partial charge in [0.05, 0.1) is 5.69 Å². The van der Waals surface area contributed by atoms with Crippen molar-refractivity contribution >= 4 is 17.8 Å². The van der Waals surface area contributed by atoms with Crippen molar-refractivity contribution in [2.24, 2.45) is 18.9 Å². The zero-order chi connectivity index (χ0) is 18.6. The summed E-state index contributed by atoms with van der Waals surface area (Å²) in [6, 6.07) is -0.0167. The van der Waals surface area contributed by atoms with Crippen molar-refractivity contribution in [3.63, 3.8) is 0 Å². The first-order valence-corrected chi connectivity index (χ1v) is 9.10. The Balaban J connectivity index is 1.87. The molecule has 3 amide bonds. The first-order chi connectivity index (χ1) is 11.8. The number of amides is 3. The largest absolute Gasteiger partial charge is 0.338 e. The summed E-state index contributed by atoms with van der Waals surface area (Å²) in [6.07, 6.45) is 2.35. The summed E-state index contributed by atoms with van der Waals surface area (Å²) in [4.78, 5) is 26.5. The SMILES string of the molecule is Cc1nn(C)c(NC(=O)C[C@@H]2CCCN(C(=O)NCC(C)C)C2)c1C. The van der Waals surface area contributed by atoms with E-state index in [1.807, 2.05) is 25.8 Å². The molecule has 0 aromatic carbocycles. The standard InChI is InChI=1S/C18H31N5O2/c1-12(2)10-19-18(25)23-8-6-7-15(11-23)9-16(24)20-17-13(3)14(4)21-22(17)5/h12,15H,6-11H2,1-5H3,(H,19,25)(H,20,24)/t15-/m0/s1. The third kappa shape index (κ3) is 5.21. The molecule has 1 aliphatic rings. The number of carbonyl (C=O) groups is 2. The summed E-state index contributed by atoms with van der Waals surface area (Å²) in [5.74, 6) is 1.37. The molecule has 2 rings (SSSR count). The van der Waals surface area contributed by atoms with Crippen molar-refractivity contribution < 1.29 is 9.59 Å². The van der Waals surface area contributed by atoms with Gasteiger partial charge in [0.25, 0.3) is 0 Å². The van der Waals surface area contributed by atoms with Crippen molar-refractivity contribution in [3.05, 3.63) is 11.3 Å². The highest BCUT2D eigenvalue weighted by atomic mass is 16.2. The Hall–Kier alpha value is -2.05. The van der Waals surface area contributed by atoms with E-state index in [0.29, 0.717) is 25.4 Å². The minimum absolute atomic E-state index is 0.0134. The van der Waals surface area contributed by atoms with Gasteiger partial charge in [0.1, 0.15) is 5.82 Å². The highest BCUT2D eigenvalue weighted by Crippen LogP contribution is 2.22. The number of aryl methyl sites for hydroxylation is 2. The maximum atomic E-state index is 12.4. The van der Waals surface area contributed by atoms with Crippen molar-refractivity contribution in [2.45, 2.75) is 47.0 Å². The van der Waals surface area contributed by atoms with Crippen LogP contribution >= 0.6 is 0 Å². The molecule has 7 nitrogen and oxygen atoms in total. The summed E-state index contributed by atoms with van der Waals surface area (Å²) < 4.78 is 1.70. The Morgan fingerprint density at radius 1 is 1.32 bits per heavy atom. The third-order valence-corrected chi connectivity index (χ3v) is 4.72. The van der Waals surface area contributed by atoms with E-state index in [4.69, 9.17) is 0 Å². The van der Waals surface area contributed by atoms with E-state index >= 15 is 0 Å². The van der Waals surface area contributed by atoms with Crippen LogP contribution in [0.2, 0.25) is 0 Å². The number of likely N-dealkylation sites (tertiary alicyclic amines) is 1. The first kappa shape index (κ1) is 19.3. The predicted octanol–water partition coefficient (Wildman–Crippen LogP) is 2.44. The molecule has 1 saturated heterocycles. The highest BCUT2D eigenvalue weighted by Gasteiger charge is 2.26. The van der Waals surface area contributed by atoms with Gasteiger partial charge in [-0.3, -0.25) is 9.48 Å². The second-order valence-electron chi connectivity index (χ2n) is 7.47. The lowest BCUT2D eigenvalue weighted by Gasteiger charge is -2.32. The van der Waals surface area contributed by atoms with Crippen molar-refractivity contribution in [1.29, 1.82) is 0 Å². The molecule has 0 unspecified atom stereocenters. The summed E-state index contributed by atoms with van der Waals surface area (Å²) in [6.45, 7) is 10.1. The van der Waals surface area contributed by atoms with Gasteiger partial charge in [0, 0.05) is 38.7 Å². The summed E-state index contributed by atoms with van der Waals surface area (Å²) in [5, 5.41) is 10.3. The number of hydrogen-bond donors (Lipinski definition) is 2. The van der Waals surface area contributed by atoms with Gasteiger partial charge in [0.15, 0.2) is 0 Å². The van der Waals surface area contributed by atoms with Crippen LogP contribution in [0.5, 0.6) is 0 Å². The molecule has 1 aliphatic heterocycles. The van der Waals surface area contributed by atoms with Crippen LogP contribution in [0.4, 0.5) is 10.6 Å². The van der Waals surface area contributed by atoms with Crippen LogP contribution in [0.1, 0.15) is 44.4 Å². The molecule has 0 bridgehead atoms. The molecule has 0 saturated carbocycles. The van der Waals surface area contributed by atoms with Crippen LogP contribution < -0.4 is 10.6 Å². The van der Waals surface area contributed by atoms with Crippen LogP contribution in [-0.4, -0.2) is 46.3 Å². The molecule has 25 heavy (non-hydrogen) atoms. The molecule has 140 valence electrons. The zero-order valence-corrected chi connectivity index (χ0v) is 16.1. The quantitative estimate of drug-likeness (QED) is 0.857. The number of nitrogens with zero attached hydrogens (tertiary/aromatic N) is 3. The fraction of sp³-hybridized carbons (Fsp3) is 0.722. The van der Waals surface area contributed by atoms with Gasteiger partial charge in [-0.25, -0.2) is 4.79 Å². The minimum Gasteiger partial charge on any atom is -0.338 e. The maximum Gasteiger partial charge on any atom is 0.317 e. The smallest absolute Gasteiger partial charge is 0.317 e. The van der Waals surface area contributed by atoms with E-state index in [1.54, 1.807) is 4.68 Å². The predicted molar refractivity (Wildman–Crippen MR) is 98.5 cm³/mol. The highest BCUT2D eigenvalue weighted by molar-refractivity contribution is 5.90. The molecule has 1 aromatic heterocycles. The second kappa shape index (κ2) is 8.36. The van der Waals surface area contributed by atoms with E-state index in [2.05, 4.69) is 29.6 Å². The number of urea groups is 1. The lowest BCUT2D eigenvalue weighted by molar-refractivity contribution is -0.117. The average Bonchev–Trinajstić information content (AvgIpc) is 2.79. The monoisotopic (exact) mass is 349 g/mol. The Bertz CT molecular complexity index is 623. The maximum absolute atomic E-state index is 12.4. The number of carbonyl (C=O) groups excluding carboxylic acids is 2. The molecule has 7 heteroatoms. The van der Waals surface area contributed by atoms with E-state index in [9.17, 15) is 9.59 Å². The number of hydrogen-bond acceptors (Lipinski definition) is 3. The molecule has 0 spiro atoms. The van der Waals surface area contributed by atoms with Gasteiger partial charge in [-0.2, -0.15) is 5.10 Å². The van der Waals surface area contributed by atoms with Crippen LogP contribution in [0.25, 0.3) is 0 Å². The van der Waals surface area contributed by atoms with Gasteiger partial charge < -0.3 is 15.5 Å². The number of aromatic nitrogens is 2. The van der Waals surface area contributed by atoms with Crippen LogP contribution in [-0.2, 0) is 11.8 Å². The Labute approximate surface area is 150 Å². The fourth-order valence-electron chi connectivity index (χ4n) is 3.20. The van der Waals surface area contributed by atoms with Crippen LogP contribution in [0, 0.1) is 25.7 Å². The first-order valence-electron chi connectivity index (χ1n) is 9.10. The van der Waals surface area contributed by atoms with E-state index in [-0.39, 0.29) is 17.9 Å². The number of rotatable bonds is 5. The van der Waals surface area contributed by atoms with Crippen molar-refractivity contribution in [3.8, 4) is 0 Å². The molecule has 0 aliphatic carbocycles. The lowest BCUT2D eigenvalue weighted by atomic mass is 9.94. The topological polar surface area (TPSA) is 79.3 Å². The van der Waals surface area contributed by atoms with Crippen LogP contribution in [0.3, 0.4) is 0 Å². The number of anilines is 1. The van der Waals surface area contributed by atoms with Crippen molar-refractivity contribution in [2.75, 3.05) is 25.0 Å². The van der Waals surface area contributed by atoms with E-state index in [1.165, 1.54) is 0 Å². The average molecular weight is 349 g/mol. The van der Waals surface area contributed by atoms with E-state index < -0.39 is 0 Å². The summed E-state index contributed by atoms with van der Waals surface area (Å²) in [5.41, 5.74) is 1.91. The minimum atomic E-state index is -0.0167. The molecule has 0 radical (unpaired) electrons. The Morgan fingerprint density at radius 2 is 2.04 bits per heavy atom. The normalized spacial score (nSPS) is 17.7. The lowest BCUT2D eigenvalue weighted by Crippen LogP contribution is -2.46. The fourth-order valence-corrected chi connectivity index (χ4v) is 3.20. The Morgan fingerprint density at radius 3 is 2.64 bits per heavy atom. The number of nitrogens with one attached hydrogen (secondary N) is 2.